The molecule has 13 heteroatoms. The number of hydrogen-bond acceptors (Lipinski definition) is 11. The lowest BCUT2D eigenvalue weighted by Gasteiger charge is -2.19. The molecule has 0 bridgehead atoms. The SMILES string of the molecule is CCS(=O)(=O)c1ccc(CNc2nc3cnc(-c4c(OC)ncnc4C4CC4)nc3n(C(C)C3CC3)c2=O)nc1. The summed E-state index contributed by atoms with van der Waals surface area (Å²) in [6.07, 6.45) is 8.60. The Labute approximate surface area is 231 Å². The molecule has 12 nitrogen and oxygen atoms in total. The van der Waals surface area contributed by atoms with Crippen LogP contribution in [-0.4, -0.2) is 55.8 Å². The Hall–Kier alpha value is -4.00. The first-order valence-electron chi connectivity index (χ1n) is 13.4. The first kappa shape index (κ1) is 26.2. The first-order valence-corrected chi connectivity index (χ1v) is 15.1. The van der Waals surface area contributed by atoms with Gasteiger partial charge in [-0.05, 0) is 50.7 Å². The lowest BCUT2D eigenvalue weighted by molar-refractivity contribution is 0.397. The van der Waals surface area contributed by atoms with Crippen molar-refractivity contribution in [2.75, 3.05) is 18.2 Å². The van der Waals surface area contributed by atoms with E-state index in [0.717, 1.165) is 31.4 Å². The van der Waals surface area contributed by atoms with Gasteiger partial charge in [-0.2, -0.15) is 0 Å². The van der Waals surface area contributed by atoms with E-state index < -0.39 is 9.84 Å². The van der Waals surface area contributed by atoms with Gasteiger partial charge in [0.2, 0.25) is 5.88 Å². The van der Waals surface area contributed by atoms with Gasteiger partial charge in [0.1, 0.15) is 17.4 Å². The molecule has 4 heterocycles. The van der Waals surface area contributed by atoms with E-state index in [-0.39, 0.29) is 34.6 Å². The highest BCUT2D eigenvalue weighted by Crippen LogP contribution is 2.45. The van der Waals surface area contributed by atoms with Gasteiger partial charge in [-0.1, -0.05) is 6.92 Å². The lowest BCUT2D eigenvalue weighted by Crippen LogP contribution is -2.29. The van der Waals surface area contributed by atoms with Gasteiger partial charge in [-0.3, -0.25) is 14.3 Å². The second-order valence-corrected chi connectivity index (χ2v) is 12.6. The largest absolute Gasteiger partial charge is 0.480 e. The van der Waals surface area contributed by atoms with Crippen molar-refractivity contribution >= 4 is 26.8 Å². The van der Waals surface area contributed by atoms with Crippen LogP contribution in [0.5, 0.6) is 5.88 Å². The summed E-state index contributed by atoms with van der Waals surface area (Å²) in [5.74, 6) is 1.65. The standard InChI is InChI=1S/C27H30N8O4S/c1-4-40(37,38)19-10-9-18(28-12-19)11-29-24-27(36)35(15(2)16-5-6-16)25-20(33-24)13-30-23(34-25)21-22(17-7-8-17)31-14-32-26(21)39-3/h9-10,12-17H,4-8,11H2,1-3H3,(H,29,33). The molecule has 1 N–H and O–H groups in total. The normalized spacial score (nSPS) is 16.2. The predicted octanol–water partition coefficient (Wildman–Crippen LogP) is 3.30. The average Bonchev–Trinajstić information content (AvgIpc) is 3.89. The third-order valence-electron chi connectivity index (χ3n) is 7.54. The lowest BCUT2D eigenvalue weighted by atomic mass is 10.1. The Morgan fingerprint density at radius 3 is 2.52 bits per heavy atom. The molecule has 4 aromatic rings. The number of sulfone groups is 1. The Kier molecular flexibility index (Phi) is 6.69. The summed E-state index contributed by atoms with van der Waals surface area (Å²) >= 11 is 0. The topological polar surface area (TPSA) is 155 Å². The quantitative estimate of drug-likeness (QED) is 0.303. The zero-order chi connectivity index (χ0) is 28.0. The molecule has 2 fully saturated rings. The molecule has 0 saturated heterocycles. The number of fused-ring (bicyclic) bond motifs is 1. The molecule has 2 aliphatic rings. The molecule has 2 aliphatic carbocycles. The number of ether oxygens (including phenoxy) is 1. The van der Waals surface area contributed by atoms with Crippen molar-refractivity contribution in [1.82, 2.24) is 34.5 Å². The molecule has 40 heavy (non-hydrogen) atoms. The fourth-order valence-electron chi connectivity index (χ4n) is 4.86. The van der Waals surface area contributed by atoms with E-state index in [4.69, 9.17) is 9.72 Å². The van der Waals surface area contributed by atoms with E-state index in [1.807, 2.05) is 6.92 Å². The fraction of sp³-hybridized carbons (Fsp3) is 0.444. The molecule has 1 unspecified atom stereocenters. The van der Waals surface area contributed by atoms with Crippen LogP contribution in [-0.2, 0) is 16.4 Å². The minimum atomic E-state index is -3.34. The maximum absolute atomic E-state index is 13.8. The number of anilines is 1. The van der Waals surface area contributed by atoms with Gasteiger partial charge in [0.25, 0.3) is 5.56 Å². The van der Waals surface area contributed by atoms with Gasteiger partial charge in [0.05, 0.1) is 41.9 Å². The van der Waals surface area contributed by atoms with E-state index >= 15 is 0 Å². The molecule has 0 amide bonds. The molecule has 1 atom stereocenters. The minimum Gasteiger partial charge on any atom is -0.480 e. The number of pyridine rings is 1. The molecule has 0 aromatic carbocycles. The molecule has 208 valence electrons. The third kappa shape index (κ3) is 4.89. The Morgan fingerprint density at radius 1 is 1.07 bits per heavy atom. The zero-order valence-electron chi connectivity index (χ0n) is 22.5. The maximum Gasteiger partial charge on any atom is 0.295 e. The van der Waals surface area contributed by atoms with Crippen LogP contribution in [0.15, 0.2) is 40.5 Å². The van der Waals surface area contributed by atoms with Crippen molar-refractivity contribution in [2.24, 2.45) is 5.92 Å². The van der Waals surface area contributed by atoms with Crippen LogP contribution in [0.2, 0.25) is 0 Å². The Bertz CT molecular complexity index is 1750. The summed E-state index contributed by atoms with van der Waals surface area (Å²) in [5.41, 5.74) is 2.70. The summed E-state index contributed by atoms with van der Waals surface area (Å²) in [6, 6.07) is 3.07. The second kappa shape index (κ2) is 10.2. The second-order valence-electron chi connectivity index (χ2n) is 10.3. The monoisotopic (exact) mass is 562 g/mol. The summed E-state index contributed by atoms with van der Waals surface area (Å²) in [4.78, 5) is 41.0. The third-order valence-corrected chi connectivity index (χ3v) is 9.26. The Morgan fingerprint density at radius 2 is 1.88 bits per heavy atom. The summed E-state index contributed by atoms with van der Waals surface area (Å²) in [6.45, 7) is 3.81. The van der Waals surface area contributed by atoms with Gasteiger partial charge < -0.3 is 10.1 Å². The molecule has 4 aromatic heterocycles. The molecule has 0 spiro atoms. The number of nitrogens with zero attached hydrogens (tertiary/aromatic N) is 7. The first-order chi connectivity index (χ1) is 19.3. The highest BCUT2D eigenvalue weighted by atomic mass is 32.2. The molecular weight excluding hydrogens is 532 g/mol. The van der Waals surface area contributed by atoms with Crippen LogP contribution in [0.3, 0.4) is 0 Å². The van der Waals surface area contributed by atoms with E-state index in [9.17, 15) is 13.2 Å². The van der Waals surface area contributed by atoms with Crippen LogP contribution < -0.4 is 15.6 Å². The van der Waals surface area contributed by atoms with Crippen LogP contribution in [0.4, 0.5) is 5.82 Å². The van der Waals surface area contributed by atoms with Gasteiger partial charge in [0, 0.05) is 18.2 Å². The highest BCUT2D eigenvalue weighted by Gasteiger charge is 2.34. The minimum absolute atomic E-state index is 0.00175. The smallest absolute Gasteiger partial charge is 0.295 e. The van der Waals surface area contributed by atoms with Crippen molar-refractivity contribution in [1.29, 1.82) is 0 Å². The fourth-order valence-corrected chi connectivity index (χ4v) is 5.68. The number of methoxy groups -OCH3 is 1. The zero-order valence-corrected chi connectivity index (χ0v) is 23.3. The van der Waals surface area contributed by atoms with E-state index in [2.05, 4.69) is 30.2 Å². The van der Waals surface area contributed by atoms with Crippen LogP contribution >= 0.6 is 0 Å². The maximum atomic E-state index is 13.8. The summed E-state index contributed by atoms with van der Waals surface area (Å²) < 4.78 is 31.4. The summed E-state index contributed by atoms with van der Waals surface area (Å²) in [5, 5.41) is 3.09. The van der Waals surface area contributed by atoms with E-state index in [1.54, 1.807) is 30.9 Å². The molecule has 0 aliphatic heterocycles. The van der Waals surface area contributed by atoms with Crippen LogP contribution in [0.25, 0.3) is 22.6 Å². The van der Waals surface area contributed by atoms with Gasteiger partial charge in [-0.25, -0.2) is 33.3 Å². The van der Waals surface area contributed by atoms with Crippen LogP contribution in [0, 0.1) is 5.92 Å². The number of aromatic nitrogens is 7. The molecule has 2 saturated carbocycles. The molecule has 6 rings (SSSR count). The van der Waals surface area contributed by atoms with E-state index in [1.165, 1.54) is 18.6 Å². The Balaban J connectivity index is 1.39. The van der Waals surface area contributed by atoms with Crippen molar-refractivity contribution in [3.05, 3.63) is 52.6 Å². The number of rotatable bonds is 10. The van der Waals surface area contributed by atoms with Gasteiger partial charge in [-0.15, -0.1) is 0 Å². The highest BCUT2D eigenvalue weighted by molar-refractivity contribution is 7.91. The molecular formula is C27H30N8O4S. The van der Waals surface area contributed by atoms with Gasteiger partial charge in [0.15, 0.2) is 27.1 Å². The van der Waals surface area contributed by atoms with Crippen molar-refractivity contribution in [3.63, 3.8) is 0 Å². The van der Waals surface area contributed by atoms with Gasteiger partial charge >= 0.3 is 0 Å². The number of hydrogen-bond donors (Lipinski definition) is 1. The van der Waals surface area contributed by atoms with Crippen molar-refractivity contribution in [2.45, 2.75) is 62.9 Å². The summed E-state index contributed by atoms with van der Waals surface area (Å²) in [7, 11) is -1.79. The molecule has 0 radical (unpaired) electrons. The average molecular weight is 563 g/mol. The van der Waals surface area contributed by atoms with Crippen molar-refractivity contribution < 1.29 is 13.2 Å². The van der Waals surface area contributed by atoms with Crippen LogP contribution in [0.1, 0.15) is 62.9 Å². The number of nitrogens with one attached hydrogen (secondary N) is 1. The predicted molar refractivity (Wildman–Crippen MR) is 148 cm³/mol. The van der Waals surface area contributed by atoms with E-state index in [0.29, 0.717) is 46.0 Å². The van der Waals surface area contributed by atoms with Crippen molar-refractivity contribution in [3.8, 4) is 17.3 Å².